The smallest absolute Gasteiger partial charge is 0.251 e. The van der Waals surface area contributed by atoms with Crippen molar-refractivity contribution in [2.24, 2.45) is 0 Å². The molecule has 3 aromatic rings. The molecule has 10 heteroatoms. The Bertz CT molecular complexity index is 1010. The fraction of sp³-hybridized carbons (Fsp3) is 0.350. The maximum absolute atomic E-state index is 12.4. The number of benzene rings is 1. The second-order valence-corrected chi connectivity index (χ2v) is 8.79. The van der Waals surface area contributed by atoms with E-state index < -0.39 is 0 Å². The Labute approximate surface area is 183 Å². The van der Waals surface area contributed by atoms with E-state index in [4.69, 9.17) is 0 Å². The van der Waals surface area contributed by atoms with Crippen LogP contribution in [-0.4, -0.2) is 37.3 Å². The van der Waals surface area contributed by atoms with Gasteiger partial charge in [-0.25, -0.2) is 4.98 Å². The van der Waals surface area contributed by atoms with Gasteiger partial charge < -0.3 is 15.2 Å². The number of hydrogen-bond donors (Lipinski definition) is 2. The Balaban J connectivity index is 1.61. The highest BCUT2D eigenvalue weighted by Gasteiger charge is 2.20. The van der Waals surface area contributed by atoms with Gasteiger partial charge in [0, 0.05) is 17.0 Å². The van der Waals surface area contributed by atoms with E-state index in [0.717, 1.165) is 10.6 Å². The van der Waals surface area contributed by atoms with E-state index in [1.807, 2.05) is 50.5 Å². The van der Waals surface area contributed by atoms with Crippen LogP contribution in [0.3, 0.4) is 0 Å². The lowest BCUT2D eigenvalue weighted by Crippen LogP contribution is -2.28. The fourth-order valence-electron chi connectivity index (χ4n) is 2.77. The van der Waals surface area contributed by atoms with Crippen LogP contribution in [0.15, 0.2) is 35.5 Å². The monoisotopic (exact) mass is 444 g/mol. The van der Waals surface area contributed by atoms with Crippen molar-refractivity contribution in [2.75, 3.05) is 11.1 Å². The molecule has 2 aromatic heterocycles. The van der Waals surface area contributed by atoms with E-state index in [0.29, 0.717) is 28.2 Å². The number of carbonyl (C=O) groups excluding carboxylic acids is 2. The van der Waals surface area contributed by atoms with Crippen molar-refractivity contribution in [1.29, 1.82) is 0 Å². The minimum atomic E-state index is -0.324. The normalized spacial score (nSPS) is 11.9. The van der Waals surface area contributed by atoms with Gasteiger partial charge in [-0.3, -0.25) is 9.59 Å². The van der Waals surface area contributed by atoms with E-state index in [9.17, 15) is 9.59 Å². The van der Waals surface area contributed by atoms with Crippen molar-refractivity contribution in [3.05, 3.63) is 52.3 Å². The maximum Gasteiger partial charge on any atom is 0.251 e. The molecule has 2 heterocycles. The van der Waals surface area contributed by atoms with Crippen molar-refractivity contribution >= 4 is 40.0 Å². The summed E-state index contributed by atoms with van der Waals surface area (Å²) in [4.78, 5) is 30.1. The number of thioether (sulfide) groups is 1. The summed E-state index contributed by atoms with van der Waals surface area (Å²) in [6.07, 6.45) is 0. The van der Waals surface area contributed by atoms with E-state index in [-0.39, 0.29) is 23.6 Å². The van der Waals surface area contributed by atoms with E-state index in [1.54, 1.807) is 12.1 Å². The quantitative estimate of drug-likeness (QED) is 0.515. The minimum absolute atomic E-state index is 0.147. The number of nitrogens with one attached hydrogen (secondary N) is 2. The van der Waals surface area contributed by atoms with Crippen LogP contribution in [0.25, 0.3) is 0 Å². The summed E-state index contributed by atoms with van der Waals surface area (Å²) < 4.78 is 1.91. The summed E-state index contributed by atoms with van der Waals surface area (Å²) in [6.45, 7) is 8.36. The number of nitrogens with zero attached hydrogens (tertiary/aromatic N) is 4. The molecular formula is C20H24N6O2S2. The van der Waals surface area contributed by atoms with E-state index in [1.165, 1.54) is 23.1 Å². The van der Waals surface area contributed by atoms with Gasteiger partial charge in [-0.1, -0.05) is 30.0 Å². The molecule has 1 atom stereocenters. The van der Waals surface area contributed by atoms with E-state index >= 15 is 0 Å². The average Bonchev–Trinajstić information content (AvgIpc) is 3.29. The molecule has 0 aliphatic carbocycles. The van der Waals surface area contributed by atoms with Crippen molar-refractivity contribution in [3.8, 4) is 0 Å². The number of carbonyl (C=O) groups is 2. The average molecular weight is 445 g/mol. The van der Waals surface area contributed by atoms with Crippen molar-refractivity contribution in [1.82, 2.24) is 25.1 Å². The zero-order valence-corrected chi connectivity index (χ0v) is 18.9. The number of aryl methyl sites for hydroxylation is 2. The molecule has 0 bridgehead atoms. The van der Waals surface area contributed by atoms with Crippen LogP contribution in [-0.2, 0) is 11.3 Å². The summed E-state index contributed by atoms with van der Waals surface area (Å²) in [7, 11) is 0. The topological polar surface area (TPSA) is 102 Å². The molecule has 0 saturated heterocycles. The first-order chi connectivity index (χ1) is 14.4. The molecule has 0 spiro atoms. The predicted molar refractivity (Wildman–Crippen MR) is 119 cm³/mol. The lowest BCUT2D eigenvalue weighted by atomic mass is 10.2. The molecule has 2 amide bonds. The third-order valence-corrected chi connectivity index (χ3v) is 6.39. The molecule has 3 rings (SSSR count). The summed E-state index contributed by atoms with van der Waals surface area (Å²) in [6, 6.07) is 8.71. The SMILES string of the molecule is CCn1c(SCC(=O)Nc2nc(C)c(C)s2)nnc1[C@H](C)NC(=O)c1ccccc1. The zero-order valence-electron chi connectivity index (χ0n) is 17.3. The van der Waals surface area contributed by atoms with Gasteiger partial charge in [0.25, 0.3) is 5.91 Å². The van der Waals surface area contributed by atoms with Gasteiger partial charge >= 0.3 is 0 Å². The molecule has 0 aliphatic rings. The maximum atomic E-state index is 12.4. The summed E-state index contributed by atoms with van der Waals surface area (Å²) >= 11 is 2.76. The van der Waals surface area contributed by atoms with Gasteiger partial charge in [-0.15, -0.1) is 21.5 Å². The molecule has 0 aliphatic heterocycles. The van der Waals surface area contributed by atoms with Crippen LogP contribution in [0.2, 0.25) is 0 Å². The number of thiazole rings is 1. The summed E-state index contributed by atoms with van der Waals surface area (Å²) in [5.41, 5.74) is 1.51. The van der Waals surface area contributed by atoms with Crippen LogP contribution in [0.4, 0.5) is 5.13 Å². The Morgan fingerprint density at radius 2 is 1.93 bits per heavy atom. The first kappa shape index (κ1) is 22.0. The number of hydrogen-bond acceptors (Lipinski definition) is 7. The second-order valence-electron chi connectivity index (χ2n) is 6.64. The molecule has 1 aromatic carbocycles. The van der Waals surface area contributed by atoms with Gasteiger partial charge in [-0.2, -0.15) is 0 Å². The second kappa shape index (κ2) is 9.86. The largest absolute Gasteiger partial charge is 0.342 e. The summed E-state index contributed by atoms with van der Waals surface area (Å²) in [5, 5.41) is 15.5. The first-order valence-corrected chi connectivity index (χ1v) is 11.3. The third kappa shape index (κ3) is 5.25. The van der Waals surface area contributed by atoms with Crippen LogP contribution < -0.4 is 10.6 Å². The highest BCUT2D eigenvalue weighted by Crippen LogP contribution is 2.23. The van der Waals surface area contributed by atoms with Crippen molar-refractivity contribution < 1.29 is 9.59 Å². The van der Waals surface area contributed by atoms with Gasteiger partial charge in [0.1, 0.15) is 0 Å². The van der Waals surface area contributed by atoms with Gasteiger partial charge in [0.15, 0.2) is 16.1 Å². The molecule has 0 radical (unpaired) electrons. The van der Waals surface area contributed by atoms with Crippen molar-refractivity contribution in [2.45, 2.75) is 45.4 Å². The number of amides is 2. The lowest BCUT2D eigenvalue weighted by Gasteiger charge is -2.15. The Morgan fingerprint density at radius 3 is 2.57 bits per heavy atom. The van der Waals surface area contributed by atoms with Crippen LogP contribution in [0.5, 0.6) is 0 Å². The highest BCUT2D eigenvalue weighted by atomic mass is 32.2. The molecule has 0 saturated carbocycles. The zero-order chi connectivity index (χ0) is 21.7. The summed E-state index contributed by atoms with van der Waals surface area (Å²) in [5.74, 6) is 0.527. The molecule has 2 N–H and O–H groups in total. The Morgan fingerprint density at radius 1 is 1.20 bits per heavy atom. The van der Waals surface area contributed by atoms with Crippen molar-refractivity contribution in [3.63, 3.8) is 0 Å². The highest BCUT2D eigenvalue weighted by molar-refractivity contribution is 7.99. The fourth-order valence-corrected chi connectivity index (χ4v) is 4.41. The number of rotatable bonds is 8. The molecule has 30 heavy (non-hydrogen) atoms. The third-order valence-electron chi connectivity index (χ3n) is 4.44. The molecule has 8 nitrogen and oxygen atoms in total. The first-order valence-electron chi connectivity index (χ1n) is 9.54. The van der Waals surface area contributed by atoms with Crippen LogP contribution in [0, 0.1) is 13.8 Å². The number of anilines is 1. The minimum Gasteiger partial charge on any atom is -0.342 e. The van der Waals surface area contributed by atoms with Crippen LogP contribution >= 0.6 is 23.1 Å². The predicted octanol–water partition coefficient (Wildman–Crippen LogP) is 3.59. The molecular weight excluding hydrogens is 420 g/mol. The molecule has 0 unspecified atom stereocenters. The van der Waals surface area contributed by atoms with Gasteiger partial charge in [-0.05, 0) is 39.8 Å². The van der Waals surface area contributed by atoms with Gasteiger partial charge in [0.2, 0.25) is 5.91 Å². The number of aromatic nitrogens is 4. The Hall–Kier alpha value is -2.72. The standard InChI is InChI=1S/C20H24N6O2S2/c1-5-26-17(13(3)21-18(28)15-9-7-6-8-10-15)24-25-20(26)29-11-16(27)23-19-22-12(2)14(4)30-19/h6-10,13H,5,11H2,1-4H3,(H,21,28)(H,22,23,27)/t13-/m0/s1. The van der Waals surface area contributed by atoms with Gasteiger partial charge in [0.05, 0.1) is 17.5 Å². The molecule has 158 valence electrons. The van der Waals surface area contributed by atoms with E-state index in [2.05, 4.69) is 25.8 Å². The lowest BCUT2D eigenvalue weighted by molar-refractivity contribution is -0.113. The molecule has 0 fully saturated rings. The van der Waals surface area contributed by atoms with Crippen LogP contribution in [0.1, 0.15) is 46.6 Å². The Kier molecular flexibility index (Phi) is 7.22.